The van der Waals surface area contributed by atoms with Crippen LogP contribution in [0.5, 0.6) is 0 Å². The summed E-state index contributed by atoms with van der Waals surface area (Å²) in [5.41, 5.74) is 0. The van der Waals surface area contributed by atoms with E-state index < -0.39 is 54.6 Å². The molecule has 9 nitrogen and oxygen atoms in total. The molecule has 0 aliphatic heterocycles. The Labute approximate surface area is 143 Å². The minimum atomic E-state index is -1.66. The standard InChI is InChI=1S/C14H19ClO9/c1-7(16)21-6-11(20)13(23-9(3)18)14(24-10(4)19)12(5-15)22-8(2)17/h12-14H,5-6H2,1-4H3/t12-,13-,14-/m1/s1. The first-order valence-electron chi connectivity index (χ1n) is 6.82. The van der Waals surface area contributed by atoms with Crippen LogP contribution in [0.2, 0.25) is 0 Å². The van der Waals surface area contributed by atoms with Gasteiger partial charge in [0.05, 0.1) is 5.88 Å². The number of rotatable bonds is 9. The summed E-state index contributed by atoms with van der Waals surface area (Å²) in [5, 5.41) is 0. The van der Waals surface area contributed by atoms with E-state index in [9.17, 15) is 24.0 Å². The Bertz CT molecular complexity index is 502. The molecule has 0 bridgehead atoms. The molecular weight excluding hydrogens is 348 g/mol. The van der Waals surface area contributed by atoms with Gasteiger partial charge in [-0.3, -0.25) is 24.0 Å². The largest absolute Gasteiger partial charge is 0.458 e. The fourth-order valence-electron chi connectivity index (χ4n) is 1.67. The number of hydrogen-bond donors (Lipinski definition) is 0. The first-order chi connectivity index (χ1) is 11.1. The zero-order valence-electron chi connectivity index (χ0n) is 13.7. The van der Waals surface area contributed by atoms with Crippen LogP contribution < -0.4 is 0 Å². The van der Waals surface area contributed by atoms with Crippen molar-refractivity contribution in [2.75, 3.05) is 12.5 Å². The normalized spacial score (nSPS) is 13.9. The van der Waals surface area contributed by atoms with E-state index in [1.165, 1.54) is 0 Å². The van der Waals surface area contributed by atoms with Gasteiger partial charge in [-0.2, -0.15) is 0 Å². The number of esters is 4. The van der Waals surface area contributed by atoms with E-state index in [0.717, 1.165) is 27.7 Å². The number of hydrogen-bond acceptors (Lipinski definition) is 9. The SMILES string of the molecule is CC(=O)OCC(=O)[C@@H](OC(C)=O)[C@H](OC(C)=O)[C@@H](CCl)OC(C)=O. The number of alkyl halides is 1. The van der Waals surface area contributed by atoms with Crippen LogP contribution in [-0.4, -0.2) is 60.5 Å². The van der Waals surface area contributed by atoms with Crippen molar-refractivity contribution in [2.45, 2.75) is 46.0 Å². The fraction of sp³-hybridized carbons (Fsp3) is 0.643. The van der Waals surface area contributed by atoms with Gasteiger partial charge in [-0.15, -0.1) is 11.6 Å². The second-order valence-electron chi connectivity index (χ2n) is 4.65. The second kappa shape index (κ2) is 10.6. The molecule has 0 aliphatic carbocycles. The van der Waals surface area contributed by atoms with Crippen molar-refractivity contribution in [2.24, 2.45) is 0 Å². The van der Waals surface area contributed by atoms with Gasteiger partial charge in [0.2, 0.25) is 11.9 Å². The molecule has 0 saturated carbocycles. The molecule has 0 amide bonds. The molecule has 0 N–H and O–H groups in total. The van der Waals surface area contributed by atoms with Crippen LogP contribution in [0.25, 0.3) is 0 Å². The van der Waals surface area contributed by atoms with Gasteiger partial charge >= 0.3 is 23.9 Å². The summed E-state index contributed by atoms with van der Waals surface area (Å²) in [6, 6.07) is 0. The molecule has 0 heterocycles. The number of carbonyl (C=O) groups is 5. The summed E-state index contributed by atoms with van der Waals surface area (Å²) in [6.07, 6.45) is -4.40. The monoisotopic (exact) mass is 366 g/mol. The zero-order valence-corrected chi connectivity index (χ0v) is 14.5. The first-order valence-corrected chi connectivity index (χ1v) is 7.35. The number of carbonyl (C=O) groups excluding carboxylic acids is 5. The maximum atomic E-state index is 12.2. The number of ketones is 1. The number of Topliss-reactive ketones (excluding diaryl/α,β-unsaturated/α-hetero) is 1. The first kappa shape index (κ1) is 21.8. The molecule has 3 atom stereocenters. The highest BCUT2D eigenvalue weighted by Gasteiger charge is 2.41. The Kier molecular flexibility index (Phi) is 9.63. The van der Waals surface area contributed by atoms with Gasteiger partial charge in [0, 0.05) is 27.7 Å². The molecule has 136 valence electrons. The van der Waals surface area contributed by atoms with Crippen LogP contribution >= 0.6 is 11.6 Å². The van der Waals surface area contributed by atoms with Crippen molar-refractivity contribution in [3.05, 3.63) is 0 Å². The molecule has 0 aromatic heterocycles. The van der Waals surface area contributed by atoms with Crippen molar-refractivity contribution in [3.8, 4) is 0 Å². The van der Waals surface area contributed by atoms with Crippen molar-refractivity contribution in [1.29, 1.82) is 0 Å². The summed E-state index contributed by atoms with van der Waals surface area (Å²) < 4.78 is 19.3. The summed E-state index contributed by atoms with van der Waals surface area (Å²) in [6.45, 7) is 3.52. The van der Waals surface area contributed by atoms with Crippen molar-refractivity contribution < 1.29 is 42.9 Å². The van der Waals surface area contributed by atoms with E-state index in [1.54, 1.807) is 0 Å². The van der Waals surface area contributed by atoms with Gasteiger partial charge in [0.15, 0.2) is 18.8 Å². The molecule has 0 unspecified atom stereocenters. The van der Waals surface area contributed by atoms with Gasteiger partial charge in [-0.25, -0.2) is 0 Å². The van der Waals surface area contributed by atoms with E-state index in [0.29, 0.717) is 0 Å². The highest BCUT2D eigenvalue weighted by Crippen LogP contribution is 2.16. The molecule has 0 aromatic rings. The molecule has 0 fully saturated rings. The summed E-state index contributed by atoms with van der Waals surface area (Å²) in [4.78, 5) is 56.7. The van der Waals surface area contributed by atoms with E-state index in [-0.39, 0.29) is 5.88 Å². The van der Waals surface area contributed by atoms with Gasteiger partial charge in [-0.1, -0.05) is 0 Å². The molecule has 0 aliphatic rings. The van der Waals surface area contributed by atoms with Crippen LogP contribution in [0.4, 0.5) is 0 Å². The molecule has 0 rings (SSSR count). The third-order valence-electron chi connectivity index (χ3n) is 2.46. The van der Waals surface area contributed by atoms with Crippen molar-refractivity contribution >= 4 is 41.3 Å². The average molecular weight is 367 g/mol. The highest BCUT2D eigenvalue weighted by atomic mass is 35.5. The highest BCUT2D eigenvalue weighted by molar-refractivity contribution is 6.18. The molecule has 0 saturated heterocycles. The number of ether oxygens (including phenoxy) is 4. The lowest BCUT2D eigenvalue weighted by molar-refractivity contribution is -0.184. The average Bonchev–Trinajstić information content (AvgIpc) is 2.45. The third-order valence-corrected chi connectivity index (χ3v) is 2.77. The van der Waals surface area contributed by atoms with Crippen molar-refractivity contribution in [3.63, 3.8) is 0 Å². The van der Waals surface area contributed by atoms with Crippen LogP contribution in [0.15, 0.2) is 0 Å². The second-order valence-corrected chi connectivity index (χ2v) is 4.96. The molecule has 24 heavy (non-hydrogen) atoms. The fourth-order valence-corrected chi connectivity index (χ4v) is 1.91. The summed E-state index contributed by atoms with van der Waals surface area (Å²) >= 11 is 5.70. The van der Waals surface area contributed by atoms with Crippen LogP contribution in [0.1, 0.15) is 27.7 Å². The summed E-state index contributed by atoms with van der Waals surface area (Å²) in [7, 11) is 0. The predicted octanol–water partition coefficient (Wildman–Crippen LogP) is 0.152. The van der Waals surface area contributed by atoms with Gasteiger partial charge in [-0.05, 0) is 0 Å². The molecule has 0 spiro atoms. The van der Waals surface area contributed by atoms with Crippen LogP contribution in [0, 0.1) is 0 Å². The van der Waals surface area contributed by atoms with E-state index in [1.807, 2.05) is 0 Å². The zero-order chi connectivity index (χ0) is 18.9. The number of halogens is 1. The van der Waals surface area contributed by atoms with E-state index in [2.05, 4.69) is 4.74 Å². The lowest BCUT2D eigenvalue weighted by atomic mass is 10.0. The summed E-state index contributed by atoms with van der Waals surface area (Å²) in [5.74, 6) is -4.36. The van der Waals surface area contributed by atoms with Gasteiger partial charge < -0.3 is 18.9 Å². The minimum Gasteiger partial charge on any atom is -0.458 e. The topological polar surface area (TPSA) is 122 Å². The molecule has 0 radical (unpaired) electrons. The maximum absolute atomic E-state index is 12.2. The van der Waals surface area contributed by atoms with E-state index >= 15 is 0 Å². The predicted molar refractivity (Wildman–Crippen MR) is 79.0 cm³/mol. The quantitative estimate of drug-likeness (QED) is 0.318. The Balaban J connectivity index is 5.55. The Morgan fingerprint density at radius 3 is 1.67 bits per heavy atom. The Hall–Kier alpha value is -2.16. The van der Waals surface area contributed by atoms with Crippen LogP contribution in [-0.2, 0) is 42.9 Å². The smallest absolute Gasteiger partial charge is 0.303 e. The molecular formula is C14H19ClO9. The van der Waals surface area contributed by atoms with Gasteiger partial charge in [0.25, 0.3) is 0 Å². The van der Waals surface area contributed by atoms with E-state index in [4.69, 9.17) is 25.8 Å². The Morgan fingerprint density at radius 1 is 0.792 bits per heavy atom. The van der Waals surface area contributed by atoms with Crippen LogP contribution in [0.3, 0.4) is 0 Å². The molecule has 0 aromatic carbocycles. The van der Waals surface area contributed by atoms with Crippen molar-refractivity contribution in [1.82, 2.24) is 0 Å². The Morgan fingerprint density at radius 2 is 1.29 bits per heavy atom. The molecule has 10 heteroatoms. The minimum absolute atomic E-state index is 0.337. The van der Waals surface area contributed by atoms with Gasteiger partial charge in [0.1, 0.15) is 0 Å². The lowest BCUT2D eigenvalue weighted by Crippen LogP contribution is -2.50. The maximum Gasteiger partial charge on any atom is 0.303 e. The lowest BCUT2D eigenvalue weighted by Gasteiger charge is -2.30. The third kappa shape index (κ3) is 8.47.